The maximum Gasteiger partial charge on any atom is 0.212 e. The summed E-state index contributed by atoms with van der Waals surface area (Å²) in [5.74, 6) is -0.588. The molecule has 1 aliphatic heterocycles. The standard InChI is InChI=1S/C26H27ClN2O3SSi/c1-34(2,3)32-29-18-23(22-16-10-11-17-24(22)27)25(33(30,31)21-14-8-5-9-15-21)26(29,19-28)20-12-6-4-7-13-20/h4-17,23,25H,18H2,1-3H3/t23-,25-,26-/m0/s1. The molecular weight excluding hydrogens is 484 g/mol. The summed E-state index contributed by atoms with van der Waals surface area (Å²) >= 11 is 6.60. The predicted molar refractivity (Wildman–Crippen MR) is 136 cm³/mol. The van der Waals surface area contributed by atoms with Crippen LogP contribution in [0, 0.1) is 11.3 Å². The van der Waals surface area contributed by atoms with Crippen LogP contribution in [-0.4, -0.2) is 33.6 Å². The minimum atomic E-state index is -4.00. The van der Waals surface area contributed by atoms with E-state index in [1.165, 1.54) is 0 Å². The fraction of sp³-hybridized carbons (Fsp3) is 0.269. The van der Waals surface area contributed by atoms with Gasteiger partial charge < -0.3 is 4.53 Å². The maximum atomic E-state index is 14.3. The van der Waals surface area contributed by atoms with Gasteiger partial charge in [-0.25, -0.2) is 8.42 Å². The number of halogens is 1. The summed E-state index contributed by atoms with van der Waals surface area (Å²) in [6.45, 7) is 6.27. The summed E-state index contributed by atoms with van der Waals surface area (Å²) in [6, 6.07) is 27.0. The van der Waals surface area contributed by atoms with E-state index in [0.717, 1.165) is 0 Å². The number of nitriles is 1. The van der Waals surface area contributed by atoms with Crippen LogP contribution >= 0.6 is 11.6 Å². The molecule has 8 heteroatoms. The third-order valence-corrected chi connectivity index (χ3v) is 9.39. The molecule has 3 atom stereocenters. The quantitative estimate of drug-likeness (QED) is 0.394. The Morgan fingerprint density at radius 1 is 0.971 bits per heavy atom. The number of benzene rings is 3. The fourth-order valence-corrected chi connectivity index (χ4v) is 8.12. The Bertz CT molecular complexity index is 1310. The van der Waals surface area contributed by atoms with E-state index in [0.29, 0.717) is 16.1 Å². The fourth-order valence-electron chi connectivity index (χ4n) is 4.71. The second-order valence-corrected chi connectivity index (χ2v) is 16.3. The number of rotatable bonds is 6. The SMILES string of the molecule is C[Si](C)(C)ON1C[C@@H](c2ccccc2Cl)[C@H](S(=O)(=O)c2ccccc2)[C@]1(C#N)c1ccccc1. The van der Waals surface area contributed by atoms with Crippen LogP contribution in [-0.2, 0) is 19.9 Å². The van der Waals surface area contributed by atoms with Crippen LogP contribution in [0.5, 0.6) is 0 Å². The number of hydroxylamine groups is 2. The first-order valence-corrected chi connectivity index (χ1v) is 16.4. The van der Waals surface area contributed by atoms with Gasteiger partial charge in [-0.1, -0.05) is 78.3 Å². The van der Waals surface area contributed by atoms with Crippen LogP contribution in [0.15, 0.2) is 89.8 Å². The third kappa shape index (κ3) is 4.33. The van der Waals surface area contributed by atoms with Gasteiger partial charge in [0.1, 0.15) is 5.25 Å². The van der Waals surface area contributed by atoms with Gasteiger partial charge in [0.15, 0.2) is 15.4 Å². The Balaban J connectivity index is 2.05. The van der Waals surface area contributed by atoms with Crippen LogP contribution in [0.25, 0.3) is 0 Å². The molecular formula is C26H27ClN2O3SSi. The Hall–Kier alpha value is -2.47. The van der Waals surface area contributed by atoms with Crippen molar-refractivity contribution >= 4 is 29.8 Å². The zero-order chi connectivity index (χ0) is 24.6. The zero-order valence-electron chi connectivity index (χ0n) is 19.4. The molecule has 3 aromatic rings. The highest BCUT2D eigenvalue weighted by Crippen LogP contribution is 2.52. The first kappa shape index (κ1) is 24.6. The van der Waals surface area contributed by atoms with Crippen molar-refractivity contribution in [3.8, 4) is 6.07 Å². The Morgan fingerprint density at radius 2 is 1.53 bits per heavy atom. The second-order valence-electron chi connectivity index (χ2n) is 9.42. The predicted octanol–water partition coefficient (Wildman–Crippen LogP) is 5.77. The lowest BCUT2D eigenvalue weighted by molar-refractivity contribution is -0.109. The molecule has 34 heavy (non-hydrogen) atoms. The average molecular weight is 511 g/mol. The van der Waals surface area contributed by atoms with Gasteiger partial charge in [0.25, 0.3) is 0 Å². The molecule has 0 amide bonds. The summed E-state index contributed by atoms with van der Waals surface area (Å²) in [6.07, 6.45) is 0. The van der Waals surface area contributed by atoms with Gasteiger partial charge in [0.05, 0.1) is 11.0 Å². The van der Waals surface area contributed by atoms with Crippen molar-refractivity contribution in [3.63, 3.8) is 0 Å². The molecule has 0 saturated carbocycles. The van der Waals surface area contributed by atoms with E-state index in [2.05, 4.69) is 6.07 Å². The van der Waals surface area contributed by atoms with Gasteiger partial charge in [0.2, 0.25) is 8.32 Å². The lowest BCUT2D eigenvalue weighted by Crippen LogP contribution is -2.52. The van der Waals surface area contributed by atoms with Gasteiger partial charge >= 0.3 is 0 Å². The summed E-state index contributed by atoms with van der Waals surface area (Å²) in [7, 11) is -6.22. The number of sulfone groups is 1. The summed E-state index contributed by atoms with van der Waals surface area (Å²) in [5.41, 5.74) is -0.305. The van der Waals surface area contributed by atoms with Crippen molar-refractivity contribution in [1.29, 1.82) is 5.26 Å². The van der Waals surface area contributed by atoms with Crippen molar-refractivity contribution < 1.29 is 12.9 Å². The van der Waals surface area contributed by atoms with Gasteiger partial charge in [-0.3, -0.25) is 0 Å². The Morgan fingerprint density at radius 3 is 2.09 bits per heavy atom. The molecule has 0 unspecified atom stereocenters. The van der Waals surface area contributed by atoms with Crippen molar-refractivity contribution in [2.45, 2.75) is 41.2 Å². The molecule has 0 bridgehead atoms. The molecule has 1 fully saturated rings. The molecule has 0 N–H and O–H groups in total. The summed E-state index contributed by atoms with van der Waals surface area (Å²) in [5, 5.41) is 11.7. The number of hydrogen-bond acceptors (Lipinski definition) is 5. The molecule has 176 valence electrons. The second kappa shape index (κ2) is 9.29. The molecule has 1 heterocycles. The molecule has 0 spiro atoms. The zero-order valence-corrected chi connectivity index (χ0v) is 21.9. The van der Waals surface area contributed by atoms with Gasteiger partial charge in [-0.2, -0.15) is 10.3 Å². The minimum absolute atomic E-state index is 0.169. The first-order valence-electron chi connectivity index (χ1n) is 11.1. The Kier molecular flexibility index (Phi) is 6.73. The van der Waals surface area contributed by atoms with E-state index in [4.69, 9.17) is 16.1 Å². The van der Waals surface area contributed by atoms with Crippen LogP contribution in [0.3, 0.4) is 0 Å². The minimum Gasteiger partial charge on any atom is -0.341 e. The molecule has 3 aromatic carbocycles. The number of hydrogen-bond donors (Lipinski definition) is 0. The summed E-state index contributed by atoms with van der Waals surface area (Å²) < 4.78 is 35.1. The monoisotopic (exact) mass is 510 g/mol. The lowest BCUT2D eigenvalue weighted by Gasteiger charge is -2.39. The van der Waals surface area contributed by atoms with Gasteiger partial charge in [0, 0.05) is 17.5 Å². The van der Waals surface area contributed by atoms with Crippen LogP contribution in [0.1, 0.15) is 17.0 Å². The molecule has 0 aliphatic carbocycles. The lowest BCUT2D eigenvalue weighted by atomic mass is 9.84. The molecule has 1 aliphatic rings. The molecule has 1 saturated heterocycles. The largest absolute Gasteiger partial charge is 0.341 e. The van der Waals surface area contributed by atoms with E-state index >= 15 is 0 Å². The van der Waals surface area contributed by atoms with E-state index in [1.54, 1.807) is 53.6 Å². The van der Waals surface area contributed by atoms with E-state index in [9.17, 15) is 13.7 Å². The average Bonchev–Trinajstić information content (AvgIpc) is 3.14. The highest BCUT2D eigenvalue weighted by molar-refractivity contribution is 7.92. The van der Waals surface area contributed by atoms with Crippen molar-refractivity contribution in [1.82, 2.24) is 5.06 Å². The van der Waals surface area contributed by atoms with Crippen molar-refractivity contribution in [2.24, 2.45) is 0 Å². The van der Waals surface area contributed by atoms with Crippen LogP contribution in [0.2, 0.25) is 24.7 Å². The summed E-state index contributed by atoms with van der Waals surface area (Å²) in [4.78, 5) is 0.169. The highest BCUT2D eigenvalue weighted by Gasteiger charge is 2.63. The van der Waals surface area contributed by atoms with E-state index < -0.39 is 34.9 Å². The van der Waals surface area contributed by atoms with Gasteiger partial charge in [-0.05, 0) is 49.0 Å². The molecule has 4 rings (SSSR count). The van der Waals surface area contributed by atoms with Crippen molar-refractivity contribution in [2.75, 3.05) is 6.54 Å². The molecule has 0 radical (unpaired) electrons. The molecule has 0 aromatic heterocycles. The normalized spacial score (nSPS) is 23.5. The first-order chi connectivity index (χ1) is 16.1. The number of nitrogens with zero attached hydrogens (tertiary/aromatic N) is 2. The van der Waals surface area contributed by atoms with Crippen molar-refractivity contribution in [3.05, 3.63) is 101 Å². The Labute approximate surface area is 207 Å². The highest BCUT2D eigenvalue weighted by atomic mass is 35.5. The van der Waals surface area contributed by atoms with E-state index in [-0.39, 0.29) is 11.4 Å². The van der Waals surface area contributed by atoms with Gasteiger partial charge in [-0.15, -0.1) is 0 Å². The maximum absolute atomic E-state index is 14.3. The third-order valence-electron chi connectivity index (χ3n) is 6.01. The molecule has 5 nitrogen and oxygen atoms in total. The smallest absolute Gasteiger partial charge is 0.212 e. The van der Waals surface area contributed by atoms with Crippen LogP contribution < -0.4 is 0 Å². The topological polar surface area (TPSA) is 70.4 Å². The van der Waals surface area contributed by atoms with E-state index in [1.807, 2.05) is 56.0 Å². The van der Waals surface area contributed by atoms with Crippen LogP contribution in [0.4, 0.5) is 0 Å².